The second kappa shape index (κ2) is 6.32. The van der Waals surface area contributed by atoms with Crippen molar-refractivity contribution in [1.29, 1.82) is 0 Å². The Kier molecular flexibility index (Phi) is 4.39. The molecule has 0 saturated carbocycles. The SMILES string of the molecule is CC(NS(=O)(=O)c1cccc(Cl)c1)c1ccc2ccccc2c1. The number of fused-ring (bicyclic) bond motifs is 1. The lowest BCUT2D eigenvalue weighted by Gasteiger charge is -2.15. The number of hydrogen-bond acceptors (Lipinski definition) is 2. The summed E-state index contributed by atoms with van der Waals surface area (Å²) < 4.78 is 27.6. The molecule has 118 valence electrons. The fourth-order valence-electron chi connectivity index (χ4n) is 2.48. The van der Waals surface area contributed by atoms with Crippen molar-refractivity contribution in [2.45, 2.75) is 17.9 Å². The highest BCUT2D eigenvalue weighted by Gasteiger charge is 2.18. The Morgan fingerprint density at radius 1 is 0.913 bits per heavy atom. The highest BCUT2D eigenvalue weighted by atomic mass is 35.5. The van der Waals surface area contributed by atoms with Gasteiger partial charge in [-0.15, -0.1) is 0 Å². The highest BCUT2D eigenvalue weighted by molar-refractivity contribution is 7.89. The van der Waals surface area contributed by atoms with Crippen molar-refractivity contribution >= 4 is 32.4 Å². The van der Waals surface area contributed by atoms with E-state index >= 15 is 0 Å². The van der Waals surface area contributed by atoms with E-state index in [0.29, 0.717) is 5.02 Å². The van der Waals surface area contributed by atoms with Crippen LogP contribution in [-0.4, -0.2) is 8.42 Å². The molecule has 0 radical (unpaired) electrons. The molecule has 0 amide bonds. The monoisotopic (exact) mass is 345 g/mol. The van der Waals surface area contributed by atoms with Gasteiger partial charge in [-0.3, -0.25) is 0 Å². The quantitative estimate of drug-likeness (QED) is 0.755. The van der Waals surface area contributed by atoms with Gasteiger partial charge >= 0.3 is 0 Å². The number of benzene rings is 3. The average molecular weight is 346 g/mol. The van der Waals surface area contributed by atoms with Crippen LogP contribution in [0.1, 0.15) is 18.5 Å². The van der Waals surface area contributed by atoms with Gasteiger partial charge < -0.3 is 0 Å². The third kappa shape index (κ3) is 3.55. The van der Waals surface area contributed by atoms with Crippen LogP contribution < -0.4 is 4.72 Å². The van der Waals surface area contributed by atoms with Gasteiger partial charge in [-0.05, 0) is 47.5 Å². The predicted octanol–water partition coefficient (Wildman–Crippen LogP) is 4.53. The van der Waals surface area contributed by atoms with Gasteiger partial charge in [0, 0.05) is 11.1 Å². The van der Waals surface area contributed by atoms with Crippen LogP contribution in [0.2, 0.25) is 5.02 Å². The Balaban J connectivity index is 1.89. The molecule has 23 heavy (non-hydrogen) atoms. The number of rotatable bonds is 4. The topological polar surface area (TPSA) is 46.2 Å². The van der Waals surface area contributed by atoms with E-state index in [0.717, 1.165) is 16.3 Å². The minimum absolute atomic E-state index is 0.164. The third-order valence-corrected chi connectivity index (χ3v) is 5.49. The average Bonchev–Trinajstić information content (AvgIpc) is 2.54. The fourth-order valence-corrected chi connectivity index (χ4v) is 4.01. The lowest BCUT2D eigenvalue weighted by atomic mass is 10.0. The first-order chi connectivity index (χ1) is 11.0. The maximum absolute atomic E-state index is 12.5. The summed E-state index contributed by atoms with van der Waals surface area (Å²) in [7, 11) is -3.62. The van der Waals surface area contributed by atoms with Gasteiger partial charge in [0.05, 0.1) is 4.90 Å². The Morgan fingerprint density at radius 3 is 2.39 bits per heavy atom. The van der Waals surface area contributed by atoms with Crippen LogP contribution in [0, 0.1) is 0 Å². The molecule has 0 spiro atoms. The Labute approximate surface area is 141 Å². The van der Waals surface area contributed by atoms with Gasteiger partial charge in [0.2, 0.25) is 10.0 Å². The number of sulfonamides is 1. The lowest BCUT2D eigenvalue weighted by molar-refractivity contribution is 0.567. The molecule has 0 heterocycles. The van der Waals surface area contributed by atoms with E-state index in [1.807, 2.05) is 49.4 Å². The summed E-state index contributed by atoms with van der Waals surface area (Å²) in [6.45, 7) is 1.83. The molecular weight excluding hydrogens is 330 g/mol. The maximum atomic E-state index is 12.5. The standard InChI is InChI=1S/C18H16ClNO2S/c1-13(15-10-9-14-5-2-3-6-16(14)11-15)20-23(21,22)18-8-4-7-17(19)12-18/h2-13,20H,1H3. The Bertz CT molecular complexity index is 954. The molecule has 0 aliphatic rings. The van der Waals surface area contributed by atoms with Crippen molar-refractivity contribution in [3.8, 4) is 0 Å². The van der Waals surface area contributed by atoms with E-state index in [9.17, 15) is 8.42 Å². The van der Waals surface area contributed by atoms with Crippen LogP contribution in [-0.2, 0) is 10.0 Å². The van der Waals surface area contributed by atoms with Crippen molar-refractivity contribution in [1.82, 2.24) is 4.72 Å². The molecule has 0 aliphatic heterocycles. The summed E-state index contributed by atoms with van der Waals surface area (Å²) in [6, 6.07) is 19.8. The van der Waals surface area contributed by atoms with Crippen molar-refractivity contribution in [2.75, 3.05) is 0 Å². The van der Waals surface area contributed by atoms with Gasteiger partial charge in [0.1, 0.15) is 0 Å². The van der Waals surface area contributed by atoms with Crippen molar-refractivity contribution in [3.05, 3.63) is 77.3 Å². The van der Waals surface area contributed by atoms with E-state index in [1.54, 1.807) is 12.1 Å². The molecule has 3 aromatic carbocycles. The smallest absolute Gasteiger partial charge is 0.207 e. The first kappa shape index (κ1) is 16.0. The first-order valence-electron chi connectivity index (χ1n) is 7.22. The third-order valence-electron chi connectivity index (χ3n) is 3.71. The van der Waals surface area contributed by atoms with E-state index < -0.39 is 10.0 Å². The highest BCUT2D eigenvalue weighted by Crippen LogP contribution is 2.22. The minimum atomic E-state index is -3.62. The Hall–Kier alpha value is -1.88. The van der Waals surface area contributed by atoms with Crippen molar-refractivity contribution in [2.24, 2.45) is 0 Å². The van der Waals surface area contributed by atoms with Gasteiger partial charge in [-0.2, -0.15) is 0 Å². The molecule has 0 aliphatic carbocycles. The van der Waals surface area contributed by atoms with Crippen LogP contribution in [0.15, 0.2) is 71.6 Å². The molecule has 3 rings (SSSR count). The van der Waals surface area contributed by atoms with Gasteiger partial charge in [0.25, 0.3) is 0 Å². The second-order valence-electron chi connectivity index (χ2n) is 5.41. The maximum Gasteiger partial charge on any atom is 0.241 e. The summed E-state index contributed by atoms with van der Waals surface area (Å²) >= 11 is 5.88. The zero-order valence-electron chi connectivity index (χ0n) is 12.5. The molecule has 0 saturated heterocycles. The molecule has 3 nitrogen and oxygen atoms in total. The fraction of sp³-hybridized carbons (Fsp3) is 0.111. The largest absolute Gasteiger partial charge is 0.241 e. The molecule has 1 N–H and O–H groups in total. The second-order valence-corrected chi connectivity index (χ2v) is 7.56. The van der Waals surface area contributed by atoms with Gasteiger partial charge in [0.15, 0.2) is 0 Å². The summed E-state index contributed by atoms with van der Waals surface area (Å²) in [5.41, 5.74) is 0.911. The van der Waals surface area contributed by atoms with E-state index in [2.05, 4.69) is 4.72 Å². The van der Waals surface area contributed by atoms with Gasteiger partial charge in [-0.25, -0.2) is 13.1 Å². The molecule has 1 atom stereocenters. The number of hydrogen-bond donors (Lipinski definition) is 1. The number of halogens is 1. The molecule has 0 aromatic heterocycles. The summed E-state index contributed by atoms with van der Waals surface area (Å²) in [5, 5.41) is 2.60. The lowest BCUT2D eigenvalue weighted by Crippen LogP contribution is -2.26. The van der Waals surface area contributed by atoms with E-state index in [-0.39, 0.29) is 10.9 Å². The van der Waals surface area contributed by atoms with E-state index in [1.165, 1.54) is 12.1 Å². The first-order valence-corrected chi connectivity index (χ1v) is 9.08. The van der Waals surface area contributed by atoms with Crippen LogP contribution in [0.5, 0.6) is 0 Å². The summed E-state index contributed by atoms with van der Waals surface area (Å²) in [6.07, 6.45) is 0. The minimum Gasteiger partial charge on any atom is -0.207 e. The van der Waals surface area contributed by atoms with Crippen LogP contribution in [0.3, 0.4) is 0 Å². The predicted molar refractivity (Wildman–Crippen MR) is 94.1 cm³/mol. The summed E-state index contributed by atoms with van der Waals surface area (Å²) in [4.78, 5) is 0.164. The van der Waals surface area contributed by atoms with Crippen molar-refractivity contribution < 1.29 is 8.42 Å². The van der Waals surface area contributed by atoms with Gasteiger partial charge in [-0.1, -0.05) is 54.1 Å². The molecule has 0 bridgehead atoms. The normalized spacial score (nSPS) is 13.1. The zero-order chi connectivity index (χ0) is 16.4. The zero-order valence-corrected chi connectivity index (χ0v) is 14.1. The molecule has 1 unspecified atom stereocenters. The molecule has 3 aromatic rings. The molecule has 5 heteroatoms. The van der Waals surface area contributed by atoms with Crippen LogP contribution in [0.25, 0.3) is 10.8 Å². The van der Waals surface area contributed by atoms with Crippen molar-refractivity contribution in [3.63, 3.8) is 0 Å². The molecular formula is C18H16ClNO2S. The molecule has 0 fully saturated rings. The van der Waals surface area contributed by atoms with E-state index in [4.69, 9.17) is 11.6 Å². The number of nitrogens with one attached hydrogen (secondary N) is 1. The van der Waals surface area contributed by atoms with Crippen LogP contribution >= 0.6 is 11.6 Å². The van der Waals surface area contributed by atoms with Crippen LogP contribution in [0.4, 0.5) is 0 Å². The summed E-state index contributed by atoms with van der Waals surface area (Å²) in [5.74, 6) is 0. The Morgan fingerprint density at radius 2 is 1.65 bits per heavy atom.